The number of hydrogen-bond acceptors (Lipinski definition) is 0. The van der Waals surface area contributed by atoms with Crippen LogP contribution in [0.4, 0.5) is 0 Å². The lowest BCUT2D eigenvalue weighted by molar-refractivity contribution is 0.559. The van der Waals surface area contributed by atoms with Gasteiger partial charge in [-0.3, -0.25) is 0 Å². The van der Waals surface area contributed by atoms with Gasteiger partial charge in [0.05, 0.1) is 0 Å². The second-order valence-corrected chi connectivity index (χ2v) is 5.19. The molecule has 0 aliphatic heterocycles. The highest BCUT2D eigenvalue weighted by atomic mass is 79.9. The Labute approximate surface area is 91.6 Å². The Hall–Kier alpha value is 0.480. The van der Waals surface area contributed by atoms with E-state index < -0.39 is 0 Å². The van der Waals surface area contributed by atoms with Gasteiger partial charge in [0.25, 0.3) is 0 Å². The van der Waals surface area contributed by atoms with Crippen LogP contribution in [0.3, 0.4) is 0 Å². The fourth-order valence-corrected chi connectivity index (χ4v) is 2.21. The summed E-state index contributed by atoms with van der Waals surface area (Å²) in [6.45, 7) is 0. The first-order chi connectivity index (χ1) is 6.43. The molecule has 0 N–H and O–H groups in total. The van der Waals surface area contributed by atoms with Crippen molar-refractivity contribution < 1.29 is 0 Å². The largest absolute Gasteiger partial charge is 0.0928 e. The lowest BCUT2D eigenvalue weighted by Crippen LogP contribution is -1.82. The minimum absolute atomic E-state index is 1.15. The summed E-state index contributed by atoms with van der Waals surface area (Å²) in [5, 5.41) is 1.19. The molecule has 0 radical (unpaired) electrons. The Bertz CT molecular complexity index is 108. The summed E-state index contributed by atoms with van der Waals surface area (Å²) in [5.74, 6) is 1.15. The third-order valence-corrected chi connectivity index (χ3v) is 3.50. The zero-order chi connectivity index (χ0) is 9.36. The van der Waals surface area contributed by atoms with Crippen LogP contribution in [0, 0.1) is 5.92 Å². The number of halogens is 1. The summed E-state index contributed by atoms with van der Waals surface area (Å²) in [6.07, 6.45) is 14.8. The molecule has 0 aromatic rings. The molecule has 1 fully saturated rings. The van der Waals surface area contributed by atoms with Gasteiger partial charge in [0.2, 0.25) is 0 Å². The Balaban J connectivity index is 1.63. The fraction of sp³-hybridized carbons (Fsp3) is 1.00. The molecule has 0 atom stereocenters. The van der Waals surface area contributed by atoms with Crippen molar-refractivity contribution >= 4 is 15.9 Å². The zero-order valence-electron chi connectivity index (χ0n) is 8.73. The van der Waals surface area contributed by atoms with Crippen molar-refractivity contribution in [2.45, 2.75) is 64.2 Å². The van der Waals surface area contributed by atoms with E-state index in [-0.39, 0.29) is 0 Å². The van der Waals surface area contributed by atoms with E-state index in [1.165, 1.54) is 69.5 Å². The van der Waals surface area contributed by atoms with Crippen LogP contribution in [0.1, 0.15) is 64.2 Å². The minimum Gasteiger partial charge on any atom is -0.0928 e. The van der Waals surface area contributed by atoms with Crippen LogP contribution in [0.5, 0.6) is 0 Å². The molecule has 78 valence electrons. The van der Waals surface area contributed by atoms with Crippen LogP contribution >= 0.6 is 15.9 Å². The average Bonchev–Trinajstić information content (AvgIpc) is 2.93. The third kappa shape index (κ3) is 7.54. The van der Waals surface area contributed by atoms with Gasteiger partial charge in [-0.25, -0.2) is 0 Å². The SMILES string of the molecule is BrCCCCCCCCCC1CC1. The van der Waals surface area contributed by atoms with Crippen LogP contribution < -0.4 is 0 Å². The molecule has 1 aliphatic carbocycles. The van der Waals surface area contributed by atoms with E-state index in [0.29, 0.717) is 0 Å². The zero-order valence-corrected chi connectivity index (χ0v) is 10.3. The van der Waals surface area contributed by atoms with E-state index in [2.05, 4.69) is 15.9 Å². The van der Waals surface area contributed by atoms with E-state index in [0.717, 1.165) is 5.92 Å². The molecule has 1 saturated carbocycles. The topological polar surface area (TPSA) is 0 Å². The van der Waals surface area contributed by atoms with E-state index >= 15 is 0 Å². The van der Waals surface area contributed by atoms with Crippen LogP contribution in [-0.2, 0) is 0 Å². The summed E-state index contributed by atoms with van der Waals surface area (Å²) >= 11 is 3.47. The van der Waals surface area contributed by atoms with Crippen molar-refractivity contribution in [2.24, 2.45) is 5.92 Å². The molecule has 0 unspecified atom stereocenters. The Kier molecular flexibility index (Phi) is 6.97. The van der Waals surface area contributed by atoms with Crippen molar-refractivity contribution in [1.82, 2.24) is 0 Å². The number of hydrogen-bond donors (Lipinski definition) is 0. The quantitative estimate of drug-likeness (QED) is 0.401. The highest BCUT2D eigenvalue weighted by Gasteiger charge is 2.19. The summed E-state index contributed by atoms with van der Waals surface area (Å²) in [6, 6.07) is 0. The molecule has 0 spiro atoms. The van der Waals surface area contributed by atoms with E-state index in [9.17, 15) is 0 Å². The Morgan fingerprint density at radius 1 is 0.769 bits per heavy atom. The maximum atomic E-state index is 3.47. The molecule has 1 rings (SSSR count). The molecule has 0 aromatic carbocycles. The van der Waals surface area contributed by atoms with Gasteiger partial charge in [0.15, 0.2) is 0 Å². The third-order valence-electron chi connectivity index (χ3n) is 2.94. The highest BCUT2D eigenvalue weighted by Crippen LogP contribution is 2.34. The lowest BCUT2D eigenvalue weighted by atomic mass is 10.1. The van der Waals surface area contributed by atoms with Gasteiger partial charge in [-0.05, 0) is 12.3 Å². The van der Waals surface area contributed by atoms with E-state index in [4.69, 9.17) is 0 Å². The number of alkyl halides is 1. The molecular weight excluding hydrogens is 224 g/mol. The normalized spacial score (nSPS) is 16.4. The summed E-state index contributed by atoms with van der Waals surface area (Å²) in [7, 11) is 0. The van der Waals surface area contributed by atoms with Gasteiger partial charge in [-0.1, -0.05) is 73.7 Å². The van der Waals surface area contributed by atoms with E-state index in [1.54, 1.807) is 0 Å². The van der Waals surface area contributed by atoms with E-state index in [1.807, 2.05) is 0 Å². The molecule has 0 bridgehead atoms. The monoisotopic (exact) mass is 246 g/mol. The van der Waals surface area contributed by atoms with Gasteiger partial charge in [-0.2, -0.15) is 0 Å². The predicted molar refractivity (Wildman–Crippen MR) is 63.5 cm³/mol. The Morgan fingerprint density at radius 3 is 1.85 bits per heavy atom. The molecule has 0 amide bonds. The van der Waals surface area contributed by atoms with Gasteiger partial charge in [0.1, 0.15) is 0 Å². The molecule has 1 heteroatoms. The number of rotatable bonds is 9. The molecular formula is C12H23Br. The summed E-state index contributed by atoms with van der Waals surface area (Å²) in [4.78, 5) is 0. The fourth-order valence-electron chi connectivity index (χ4n) is 1.82. The molecule has 1 aliphatic rings. The van der Waals surface area contributed by atoms with Crippen molar-refractivity contribution in [3.63, 3.8) is 0 Å². The summed E-state index contributed by atoms with van der Waals surface area (Å²) in [5.41, 5.74) is 0. The van der Waals surface area contributed by atoms with Gasteiger partial charge in [0, 0.05) is 5.33 Å². The van der Waals surface area contributed by atoms with Crippen molar-refractivity contribution in [2.75, 3.05) is 5.33 Å². The maximum Gasteiger partial charge on any atom is 0.00313 e. The standard InChI is InChI=1S/C12H23Br/c13-11-7-5-3-1-2-4-6-8-12-9-10-12/h12H,1-11H2. The van der Waals surface area contributed by atoms with Gasteiger partial charge < -0.3 is 0 Å². The molecule has 0 heterocycles. The minimum atomic E-state index is 1.15. The van der Waals surface area contributed by atoms with Crippen LogP contribution in [0.2, 0.25) is 0 Å². The first-order valence-corrected chi connectivity index (χ1v) is 7.11. The van der Waals surface area contributed by atoms with Gasteiger partial charge in [-0.15, -0.1) is 0 Å². The number of unbranched alkanes of at least 4 members (excludes halogenated alkanes) is 6. The smallest absolute Gasteiger partial charge is 0.00313 e. The second kappa shape index (κ2) is 7.84. The summed E-state index contributed by atoms with van der Waals surface area (Å²) < 4.78 is 0. The predicted octanol–water partition coefficient (Wildman–Crippen LogP) is 4.91. The molecule has 0 aromatic heterocycles. The first kappa shape index (κ1) is 11.6. The van der Waals surface area contributed by atoms with Crippen molar-refractivity contribution in [3.05, 3.63) is 0 Å². The molecule has 0 saturated heterocycles. The van der Waals surface area contributed by atoms with Crippen LogP contribution in [0.25, 0.3) is 0 Å². The Morgan fingerprint density at radius 2 is 1.31 bits per heavy atom. The van der Waals surface area contributed by atoms with Crippen LogP contribution in [-0.4, -0.2) is 5.33 Å². The highest BCUT2D eigenvalue weighted by molar-refractivity contribution is 9.09. The molecule has 0 nitrogen and oxygen atoms in total. The first-order valence-electron chi connectivity index (χ1n) is 5.99. The van der Waals surface area contributed by atoms with Gasteiger partial charge >= 0.3 is 0 Å². The van der Waals surface area contributed by atoms with Crippen molar-refractivity contribution in [1.29, 1.82) is 0 Å². The van der Waals surface area contributed by atoms with Crippen molar-refractivity contribution in [3.8, 4) is 0 Å². The molecule has 13 heavy (non-hydrogen) atoms. The second-order valence-electron chi connectivity index (χ2n) is 4.40. The maximum absolute atomic E-state index is 3.47. The lowest BCUT2D eigenvalue weighted by Gasteiger charge is -2.00. The van der Waals surface area contributed by atoms with Crippen LogP contribution in [0.15, 0.2) is 0 Å². The average molecular weight is 247 g/mol.